The Bertz CT molecular complexity index is 358. The summed E-state index contributed by atoms with van der Waals surface area (Å²) in [6, 6.07) is 0.275. The number of nitrogens with zero attached hydrogens (tertiary/aromatic N) is 2. The second-order valence-electron chi connectivity index (χ2n) is 4.08. The molecule has 2 heterocycles. The summed E-state index contributed by atoms with van der Waals surface area (Å²) in [7, 11) is 0. The van der Waals surface area contributed by atoms with Crippen molar-refractivity contribution >= 4 is 17.2 Å². The second-order valence-corrected chi connectivity index (χ2v) is 5.35. The molecule has 1 fully saturated rings. The second kappa shape index (κ2) is 4.31. The van der Waals surface area contributed by atoms with Crippen LogP contribution < -0.4 is 0 Å². The van der Waals surface area contributed by atoms with Crippen molar-refractivity contribution in [1.29, 1.82) is 5.41 Å². The average molecular weight is 223 g/mol. The summed E-state index contributed by atoms with van der Waals surface area (Å²) in [6.07, 6.45) is 5.22. The van der Waals surface area contributed by atoms with Crippen LogP contribution in [0.4, 0.5) is 0 Å². The van der Waals surface area contributed by atoms with E-state index in [-0.39, 0.29) is 6.04 Å². The van der Waals surface area contributed by atoms with Crippen LogP contribution in [0, 0.1) is 12.3 Å². The number of piperidine rings is 1. The van der Waals surface area contributed by atoms with Crippen molar-refractivity contribution in [2.75, 3.05) is 6.54 Å². The molecule has 1 aliphatic rings. The van der Waals surface area contributed by atoms with Gasteiger partial charge in [-0.05, 0) is 26.7 Å². The number of nitrogens with one attached hydrogen (secondary N) is 1. The predicted molar refractivity (Wildman–Crippen MR) is 63.5 cm³/mol. The SMILES string of the molecule is Cc1cnc(C(C)N2CCCCC2=N)s1. The molecule has 3 nitrogen and oxygen atoms in total. The highest BCUT2D eigenvalue weighted by atomic mass is 32.1. The van der Waals surface area contributed by atoms with Crippen LogP contribution in [0.1, 0.15) is 42.1 Å². The molecule has 0 aliphatic carbocycles. The van der Waals surface area contributed by atoms with Gasteiger partial charge in [-0.1, -0.05) is 0 Å². The Morgan fingerprint density at radius 1 is 1.53 bits per heavy atom. The Morgan fingerprint density at radius 2 is 2.33 bits per heavy atom. The van der Waals surface area contributed by atoms with Crippen LogP contribution in [0.5, 0.6) is 0 Å². The number of amidine groups is 1. The van der Waals surface area contributed by atoms with Crippen molar-refractivity contribution in [2.24, 2.45) is 0 Å². The molecule has 0 bridgehead atoms. The average Bonchev–Trinajstić information content (AvgIpc) is 2.65. The van der Waals surface area contributed by atoms with Crippen LogP contribution in [0.2, 0.25) is 0 Å². The van der Waals surface area contributed by atoms with E-state index in [0.29, 0.717) is 0 Å². The van der Waals surface area contributed by atoms with E-state index in [1.54, 1.807) is 11.3 Å². The van der Waals surface area contributed by atoms with E-state index in [1.165, 1.54) is 17.7 Å². The van der Waals surface area contributed by atoms with Crippen molar-refractivity contribution in [3.05, 3.63) is 16.1 Å². The van der Waals surface area contributed by atoms with E-state index >= 15 is 0 Å². The largest absolute Gasteiger partial charge is 0.351 e. The normalized spacial score (nSPS) is 19.3. The zero-order valence-electron chi connectivity index (χ0n) is 9.29. The summed E-state index contributed by atoms with van der Waals surface area (Å²) in [4.78, 5) is 7.84. The fourth-order valence-electron chi connectivity index (χ4n) is 1.98. The van der Waals surface area contributed by atoms with E-state index in [9.17, 15) is 0 Å². The minimum absolute atomic E-state index is 0.275. The van der Waals surface area contributed by atoms with E-state index in [4.69, 9.17) is 5.41 Å². The van der Waals surface area contributed by atoms with E-state index in [1.807, 2.05) is 6.20 Å². The fraction of sp³-hybridized carbons (Fsp3) is 0.636. The number of thiazole rings is 1. The van der Waals surface area contributed by atoms with Gasteiger partial charge in [-0.15, -0.1) is 11.3 Å². The lowest BCUT2D eigenvalue weighted by atomic mass is 10.1. The zero-order valence-corrected chi connectivity index (χ0v) is 10.1. The Morgan fingerprint density at radius 3 is 2.93 bits per heavy atom. The van der Waals surface area contributed by atoms with Crippen LogP contribution in [0.15, 0.2) is 6.20 Å². The molecule has 0 radical (unpaired) electrons. The molecule has 1 aromatic rings. The van der Waals surface area contributed by atoms with Crippen molar-refractivity contribution in [2.45, 2.75) is 39.2 Å². The van der Waals surface area contributed by atoms with Crippen LogP contribution in [-0.4, -0.2) is 22.3 Å². The lowest BCUT2D eigenvalue weighted by Gasteiger charge is -2.33. The van der Waals surface area contributed by atoms with E-state index in [2.05, 4.69) is 23.7 Å². The van der Waals surface area contributed by atoms with Gasteiger partial charge in [0.05, 0.1) is 11.9 Å². The first-order valence-corrected chi connectivity index (χ1v) is 6.26. The Hall–Kier alpha value is -0.900. The summed E-state index contributed by atoms with van der Waals surface area (Å²) >= 11 is 1.74. The number of aryl methyl sites for hydroxylation is 1. The lowest BCUT2D eigenvalue weighted by Crippen LogP contribution is -2.36. The topological polar surface area (TPSA) is 40.0 Å². The summed E-state index contributed by atoms with van der Waals surface area (Å²) < 4.78 is 0. The molecule has 2 rings (SSSR count). The summed E-state index contributed by atoms with van der Waals surface area (Å²) in [6.45, 7) is 5.24. The standard InChI is InChI=1S/C11H17N3S/c1-8-7-13-11(15-8)9(2)14-6-4-3-5-10(14)12/h7,9,12H,3-6H2,1-2H3. The molecule has 1 aliphatic heterocycles. The van der Waals surface area contributed by atoms with Crippen LogP contribution in [-0.2, 0) is 0 Å². The van der Waals surface area contributed by atoms with Gasteiger partial charge in [-0.3, -0.25) is 5.41 Å². The maximum Gasteiger partial charge on any atom is 0.115 e. The maximum absolute atomic E-state index is 7.94. The van der Waals surface area contributed by atoms with Crippen molar-refractivity contribution < 1.29 is 0 Å². The first-order valence-electron chi connectivity index (χ1n) is 5.45. The first-order chi connectivity index (χ1) is 7.18. The van der Waals surface area contributed by atoms with Crippen molar-refractivity contribution in [3.8, 4) is 0 Å². The van der Waals surface area contributed by atoms with Gasteiger partial charge < -0.3 is 4.90 Å². The van der Waals surface area contributed by atoms with E-state index in [0.717, 1.165) is 23.8 Å². The highest BCUT2D eigenvalue weighted by Gasteiger charge is 2.23. The molecule has 4 heteroatoms. The van der Waals surface area contributed by atoms with Gasteiger partial charge in [0.2, 0.25) is 0 Å². The molecule has 0 amide bonds. The van der Waals surface area contributed by atoms with Gasteiger partial charge in [0.1, 0.15) is 5.01 Å². The quantitative estimate of drug-likeness (QED) is 0.837. The number of rotatable bonds is 2. The summed E-state index contributed by atoms with van der Waals surface area (Å²) in [5.74, 6) is 0.779. The molecule has 1 saturated heterocycles. The minimum Gasteiger partial charge on any atom is -0.351 e. The van der Waals surface area contributed by atoms with Crippen molar-refractivity contribution in [3.63, 3.8) is 0 Å². The molecule has 1 atom stereocenters. The first kappa shape index (κ1) is 10.6. The minimum atomic E-state index is 0.275. The third-order valence-electron chi connectivity index (χ3n) is 2.87. The number of hydrogen-bond acceptors (Lipinski definition) is 3. The lowest BCUT2D eigenvalue weighted by molar-refractivity contribution is 0.299. The Kier molecular flexibility index (Phi) is 3.05. The molecular weight excluding hydrogens is 206 g/mol. The van der Waals surface area contributed by atoms with Crippen LogP contribution in [0.25, 0.3) is 0 Å². The molecular formula is C11H17N3S. The van der Waals surface area contributed by atoms with Crippen LogP contribution in [0.3, 0.4) is 0 Å². The van der Waals surface area contributed by atoms with Crippen molar-refractivity contribution in [1.82, 2.24) is 9.88 Å². The molecule has 0 aromatic carbocycles. The van der Waals surface area contributed by atoms with Gasteiger partial charge in [-0.25, -0.2) is 4.98 Å². The Balaban J connectivity index is 2.12. The number of hydrogen-bond donors (Lipinski definition) is 1. The molecule has 1 aromatic heterocycles. The van der Waals surface area contributed by atoms with Gasteiger partial charge in [-0.2, -0.15) is 0 Å². The highest BCUT2D eigenvalue weighted by molar-refractivity contribution is 7.11. The third kappa shape index (κ3) is 2.20. The Labute approximate surface area is 94.7 Å². The summed E-state index contributed by atoms with van der Waals surface area (Å²) in [5.41, 5.74) is 0. The van der Waals surface area contributed by atoms with Gasteiger partial charge in [0.15, 0.2) is 0 Å². The smallest absolute Gasteiger partial charge is 0.115 e. The molecule has 1 unspecified atom stereocenters. The van der Waals surface area contributed by atoms with Gasteiger partial charge in [0.25, 0.3) is 0 Å². The third-order valence-corrected chi connectivity index (χ3v) is 3.96. The number of aromatic nitrogens is 1. The summed E-state index contributed by atoms with van der Waals surface area (Å²) in [5, 5.41) is 9.07. The fourth-order valence-corrected chi connectivity index (χ4v) is 2.82. The van der Waals surface area contributed by atoms with Crippen LogP contribution >= 0.6 is 11.3 Å². The molecule has 0 saturated carbocycles. The van der Waals surface area contributed by atoms with Gasteiger partial charge in [0, 0.05) is 24.0 Å². The highest BCUT2D eigenvalue weighted by Crippen LogP contribution is 2.27. The van der Waals surface area contributed by atoms with Gasteiger partial charge >= 0.3 is 0 Å². The monoisotopic (exact) mass is 223 g/mol. The van der Waals surface area contributed by atoms with E-state index < -0.39 is 0 Å². The number of likely N-dealkylation sites (tertiary alicyclic amines) is 1. The molecule has 1 N–H and O–H groups in total. The molecule has 0 spiro atoms. The zero-order chi connectivity index (χ0) is 10.8. The molecule has 15 heavy (non-hydrogen) atoms. The maximum atomic E-state index is 7.94. The predicted octanol–water partition coefficient (Wildman–Crippen LogP) is 2.98. The molecule has 82 valence electrons.